The Labute approximate surface area is 175 Å². The predicted octanol–water partition coefficient (Wildman–Crippen LogP) is 2.16. The minimum atomic E-state index is -1.42. The largest absolute Gasteiger partial charge is 0.453 e. The zero-order valence-electron chi connectivity index (χ0n) is 15.4. The van der Waals surface area contributed by atoms with Crippen LogP contribution in [0.3, 0.4) is 0 Å². The van der Waals surface area contributed by atoms with E-state index in [1.807, 2.05) is 13.8 Å². The van der Waals surface area contributed by atoms with E-state index in [0.717, 1.165) is 5.01 Å². The fourth-order valence-electron chi connectivity index (χ4n) is 2.68. The fourth-order valence-corrected chi connectivity index (χ4v) is 3.23. The number of nitrogens with zero attached hydrogens (tertiary/aromatic N) is 2. The van der Waals surface area contributed by atoms with E-state index in [2.05, 4.69) is 15.4 Å². The predicted molar refractivity (Wildman–Crippen MR) is 109 cm³/mol. The number of aromatic amines is 1. The molecule has 4 N–H and O–H groups in total. The summed E-state index contributed by atoms with van der Waals surface area (Å²) in [7, 11) is 0. The van der Waals surface area contributed by atoms with Crippen LogP contribution in [-0.2, 0) is 4.79 Å². The Morgan fingerprint density at radius 2 is 1.90 bits per heavy atom. The van der Waals surface area contributed by atoms with Gasteiger partial charge in [-0.2, -0.15) is 5.10 Å². The quantitative estimate of drug-likeness (QED) is 0.524. The smallest absolute Gasteiger partial charge is 0.251 e. The normalized spacial score (nSPS) is 19.3. The summed E-state index contributed by atoms with van der Waals surface area (Å²) >= 11 is 12.6. The molecular formula is C18H18Cl2N4O5. The maximum Gasteiger partial charge on any atom is 0.251 e. The molecule has 0 radical (unpaired) electrons. The first-order valence-corrected chi connectivity index (χ1v) is 9.31. The van der Waals surface area contributed by atoms with Gasteiger partial charge in [-0.15, -0.1) is 0 Å². The zero-order valence-corrected chi connectivity index (χ0v) is 16.9. The standard InChI is InChI=1S/C18H18Cl2N4O5/c1-8(2)11-5-10(6-21-16(11)26)29-15-12(19)3-9(4-13(15)20)24-18(28)22-17(27)14(7-25)23-24/h3-8,17-18,22,27-28H,1-2H3,(H,21,26). The van der Waals surface area contributed by atoms with E-state index in [1.54, 1.807) is 6.07 Å². The van der Waals surface area contributed by atoms with Crippen LogP contribution in [0, 0.1) is 0 Å². The second-order valence-corrected chi connectivity index (χ2v) is 7.36. The number of halogens is 2. The van der Waals surface area contributed by atoms with E-state index >= 15 is 0 Å². The van der Waals surface area contributed by atoms with Crippen LogP contribution in [0.2, 0.25) is 10.0 Å². The summed E-state index contributed by atoms with van der Waals surface area (Å²) in [6, 6.07) is 4.45. The number of hydrazone groups is 1. The number of H-pyrrole nitrogens is 1. The van der Waals surface area contributed by atoms with Crippen LogP contribution < -0.4 is 20.6 Å². The number of hydrogen-bond acceptors (Lipinski definition) is 8. The molecule has 2 heterocycles. The molecule has 1 aromatic carbocycles. The molecule has 1 aliphatic heterocycles. The van der Waals surface area contributed by atoms with Crippen molar-refractivity contribution in [3.63, 3.8) is 0 Å². The van der Waals surface area contributed by atoms with E-state index in [1.165, 1.54) is 18.3 Å². The van der Waals surface area contributed by atoms with Crippen molar-refractivity contribution in [2.45, 2.75) is 32.3 Å². The molecule has 0 saturated carbocycles. The molecule has 1 aromatic heterocycles. The van der Waals surface area contributed by atoms with Crippen molar-refractivity contribution in [1.29, 1.82) is 0 Å². The Balaban J connectivity index is 1.95. The van der Waals surface area contributed by atoms with Crippen molar-refractivity contribution >= 4 is 40.9 Å². The summed E-state index contributed by atoms with van der Waals surface area (Å²) in [5.74, 6) is 0.468. The van der Waals surface area contributed by atoms with Gasteiger partial charge in [0.05, 0.1) is 15.7 Å². The number of carbonyl (C=O) groups is 1. The minimum absolute atomic E-state index is 0.0102. The lowest BCUT2D eigenvalue weighted by atomic mass is 10.1. The van der Waals surface area contributed by atoms with Gasteiger partial charge >= 0.3 is 0 Å². The fraction of sp³-hybridized carbons (Fsp3) is 0.278. The highest BCUT2D eigenvalue weighted by Gasteiger charge is 2.29. The number of anilines is 1. The molecule has 9 nitrogen and oxygen atoms in total. The van der Waals surface area contributed by atoms with Crippen LogP contribution in [0.25, 0.3) is 0 Å². The third-order valence-corrected chi connectivity index (χ3v) is 4.72. The van der Waals surface area contributed by atoms with Crippen LogP contribution in [0.1, 0.15) is 25.3 Å². The third kappa shape index (κ3) is 4.44. The van der Waals surface area contributed by atoms with Gasteiger partial charge in [0, 0.05) is 11.8 Å². The average Bonchev–Trinajstić information content (AvgIpc) is 2.65. The maximum atomic E-state index is 11.9. The first-order chi connectivity index (χ1) is 13.7. The van der Waals surface area contributed by atoms with Crippen molar-refractivity contribution in [3.05, 3.63) is 50.4 Å². The number of hydrogen-bond donors (Lipinski definition) is 4. The van der Waals surface area contributed by atoms with Gasteiger partial charge in [-0.25, -0.2) is 10.3 Å². The molecule has 29 heavy (non-hydrogen) atoms. The summed E-state index contributed by atoms with van der Waals surface area (Å²) in [6.45, 7) is 3.76. The van der Waals surface area contributed by atoms with Gasteiger partial charge in [0.25, 0.3) is 5.56 Å². The van der Waals surface area contributed by atoms with Crippen LogP contribution in [-0.4, -0.2) is 39.8 Å². The molecule has 1 aliphatic rings. The van der Waals surface area contributed by atoms with Crippen LogP contribution >= 0.6 is 23.2 Å². The third-order valence-electron chi connectivity index (χ3n) is 4.16. The lowest BCUT2D eigenvalue weighted by Crippen LogP contribution is -2.56. The zero-order chi connectivity index (χ0) is 21.3. The van der Waals surface area contributed by atoms with Gasteiger partial charge in [-0.1, -0.05) is 37.0 Å². The Morgan fingerprint density at radius 1 is 1.24 bits per heavy atom. The van der Waals surface area contributed by atoms with Crippen molar-refractivity contribution in [3.8, 4) is 11.5 Å². The molecule has 0 amide bonds. The minimum Gasteiger partial charge on any atom is -0.453 e. The van der Waals surface area contributed by atoms with Crippen LogP contribution in [0.5, 0.6) is 11.5 Å². The molecule has 11 heteroatoms. The van der Waals surface area contributed by atoms with Gasteiger partial charge in [-0.05, 0) is 24.1 Å². The SMILES string of the molecule is CC(C)c1cc(Oc2c(Cl)cc(N3N=C(C=O)C(O)NC3O)cc2Cl)c[nH]c1=O. The molecule has 0 saturated heterocycles. The average molecular weight is 441 g/mol. The number of aromatic nitrogens is 1. The van der Waals surface area contributed by atoms with Crippen molar-refractivity contribution in [1.82, 2.24) is 10.3 Å². The van der Waals surface area contributed by atoms with Crippen LogP contribution in [0.4, 0.5) is 5.69 Å². The summed E-state index contributed by atoms with van der Waals surface area (Å²) in [4.78, 5) is 25.5. The first-order valence-electron chi connectivity index (χ1n) is 8.56. The Kier molecular flexibility index (Phi) is 6.25. The van der Waals surface area contributed by atoms with Gasteiger partial charge in [0.1, 0.15) is 11.5 Å². The molecule has 3 rings (SSSR count). The first kappa shape index (κ1) is 21.3. The number of carbonyl (C=O) groups excluding carboxylic acids is 1. The van der Waals surface area contributed by atoms with Gasteiger partial charge in [0.15, 0.2) is 18.3 Å². The lowest BCUT2D eigenvalue weighted by molar-refractivity contribution is -0.103. The van der Waals surface area contributed by atoms with E-state index in [-0.39, 0.29) is 38.7 Å². The molecule has 2 aromatic rings. The van der Waals surface area contributed by atoms with Crippen LogP contribution in [0.15, 0.2) is 34.3 Å². The van der Waals surface area contributed by atoms with E-state index in [4.69, 9.17) is 27.9 Å². The van der Waals surface area contributed by atoms with Gasteiger partial charge in [0.2, 0.25) is 6.35 Å². The van der Waals surface area contributed by atoms with E-state index in [0.29, 0.717) is 17.6 Å². The highest BCUT2D eigenvalue weighted by molar-refractivity contribution is 6.37. The molecule has 0 fully saturated rings. The highest BCUT2D eigenvalue weighted by Crippen LogP contribution is 2.40. The molecule has 2 unspecified atom stereocenters. The Bertz CT molecular complexity index is 1000. The molecule has 0 bridgehead atoms. The van der Waals surface area contributed by atoms with Crippen molar-refractivity contribution < 1.29 is 19.7 Å². The molecule has 2 atom stereocenters. The molecular weight excluding hydrogens is 423 g/mol. The number of aliphatic hydroxyl groups is 2. The number of benzene rings is 1. The number of pyridine rings is 1. The lowest BCUT2D eigenvalue weighted by Gasteiger charge is -2.32. The Hall–Kier alpha value is -2.43. The van der Waals surface area contributed by atoms with Crippen molar-refractivity contribution in [2.75, 3.05) is 5.01 Å². The van der Waals surface area contributed by atoms with Crippen molar-refractivity contribution in [2.24, 2.45) is 5.10 Å². The van der Waals surface area contributed by atoms with Gasteiger partial charge in [-0.3, -0.25) is 9.59 Å². The summed E-state index contributed by atoms with van der Waals surface area (Å²) in [5.41, 5.74) is 0.362. The number of rotatable bonds is 5. The second kappa shape index (κ2) is 8.52. The number of aldehydes is 1. The second-order valence-electron chi connectivity index (χ2n) is 6.55. The Morgan fingerprint density at radius 3 is 2.48 bits per heavy atom. The molecule has 0 spiro atoms. The summed E-state index contributed by atoms with van der Waals surface area (Å²) in [6.07, 6.45) is -1.06. The van der Waals surface area contributed by atoms with E-state index in [9.17, 15) is 19.8 Å². The van der Waals surface area contributed by atoms with E-state index < -0.39 is 12.6 Å². The maximum absolute atomic E-state index is 11.9. The molecule has 154 valence electrons. The molecule has 0 aliphatic carbocycles. The number of ether oxygens (including phenoxy) is 1. The number of nitrogens with one attached hydrogen (secondary N) is 2. The topological polar surface area (TPSA) is 127 Å². The monoisotopic (exact) mass is 440 g/mol. The van der Waals surface area contributed by atoms with Gasteiger partial charge < -0.3 is 19.9 Å². The highest BCUT2D eigenvalue weighted by atomic mass is 35.5. The number of aliphatic hydroxyl groups excluding tert-OH is 2. The summed E-state index contributed by atoms with van der Waals surface area (Å²) < 4.78 is 5.75. The summed E-state index contributed by atoms with van der Waals surface area (Å²) in [5, 5.41) is 27.2.